The van der Waals surface area contributed by atoms with E-state index in [9.17, 15) is 0 Å². The Bertz CT molecular complexity index is 850. The lowest BCUT2D eigenvalue weighted by molar-refractivity contribution is 0.334. The summed E-state index contributed by atoms with van der Waals surface area (Å²) >= 11 is 0. The fourth-order valence-electron chi connectivity index (χ4n) is 3.08. The maximum atomic E-state index is 5.96. The molecule has 0 radical (unpaired) electrons. The molecule has 1 saturated carbocycles. The molecule has 0 aromatic carbocycles. The van der Waals surface area contributed by atoms with E-state index in [2.05, 4.69) is 20.2 Å². The molecule has 7 nitrogen and oxygen atoms in total. The molecule has 27 heavy (non-hydrogen) atoms. The topological polar surface area (TPSA) is 91.7 Å². The Morgan fingerprint density at radius 1 is 1.11 bits per heavy atom. The Kier molecular flexibility index (Phi) is 7.12. The van der Waals surface area contributed by atoms with Crippen molar-refractivity contribution in [1.29, 1.82) is 0 Å². The summed E-state index contributed by atoms with van der Waals surface area (Å²) in [5, 5.41) is 8.83. The van der Waals surface area contributed by atoms with Crippen LogP contribution in [0, 0.1) is 0 Å². The van der Waals surface area contributed by atoms with E-state index in [1.165, 1.54) is 0 Å². The molecule has 3 heterocycles. The predicted molar refractivity (Wildman–Crippen MR) is 108 cm³/mol. The molecule has 2 N–H and O–H groups in total. The summed E-state index contributed by atoms with van der Waals surface area (Å²) in [5.74, 6) is 3.40. The van der Waals surface area contributed by atoms with Crippen LogP contribution < -0.4 is 10.5 Å². The van der Waals surface area contributed by atoms with Gasteiger partial charge in [0, 0.05) is 18.2 Å². The Morgan fingerprint density at radius 3 is 2.52 bits per heavy atom. The maximum absolute atomic E-state index is 5.96. The minimum absolute atomic E-state index is 0. The normalized spacial score (nSPS) is 18.0. The third-order valence-corrected chi connectivity index (χ3v) is 4.38. The monoisotopic (exact) mass is 408 g/mol. The quantitative estimate of drug-likeness (QED) is 0.696. The van der Waals surface area contributed by atoms with Crippen molar-refractivity contribution >= 4 is 24.8 Å². The number of nitrogens with two attached hydrogens (primary N) is 1. The third-order valence-electron chi connectivity index (χ3n) is 4.38. The molecule has 0 aliphatic heterocycles. The SMILES string of the molecule is CCOc1ccc(-c2nnc(C3CC(N)C3)n2-c2ccccn2)nc1.Cl.Cl. The molecule has 3 aromatic heterocycles. The van der Waals surface area contributed by atoms with Gasteiger partial charge in [-0.05, 0) is 44.0 Å². The molecule has 9 heteroatoms. The van der Waals surface area contributed by atoms with Gasteiger partial charge in [-0.25, -0.2) is 9.97 Å². The zero-order valence-electron chi connectivity index (χ0n) is 14.9. The molecule has 0 saturated heterocycles. The second-order valence-electron chi connectivity index (χ2n) is 6.15. The first-order chi connectivity index (χ1) is 12.3. The average molecular weight is 409 g/mol. The van der Waals surface area contributed by atoms with Gasteiger partial charge < -0.3 is 10.5 Å². The first kappa shape index (κ1) is 21.1. The lowest BCUT2D eigenvalue weighted by atomic mass is 9.80. The molecule has 1 aliphatic carbocycles. The van der Waals surface area contributed by atoms with Crippen LogP contribution in [-0.2, 0) is 0 Å². The molecule has 4 rings (SSSR count). The van der Waals surface area contributed by atoms with Gasteiger partial charge in [-0.3, -0.25) is 4.57 Å². The highest BCUT2D eigenvalue weighted by Gasteiger charge is 2.33. The van der Waals surface area contributed by atoms with Crippen molar-refractivity contribution in [3.05, 3.63) is 48.5 Å². The molecule has 0 bridgehead atoms. The van der Waals surface area contributed by atoms with E-state index in [1.54, 1.807) is 12.4 Å². The fourth-order valence-corrected chi connectivity index (χ4v) is 3.08. The smallest absolute Gasteiger partial charge is 0.188 e. The van der Waals surface area contributed by atoms with Crippen LogP contribution in [0.1, 0.15) is 31.5 Å². The molecule has 144 valence electrons. The number of hydrogen-bond donors (Lipinski definition) is 1. The lowest BCUT2D eigenvalue weighted by Crippen LogP contribution is -2.36. The number of aromatic nitrogens is 5. The number of hydrogen-bond acceptors (Lipinski definition) is 6. The van der Waals surface area contributed by atoms with Crippen LogP contribution in [0.3, 0.4) is 0 Å². The summed E-state index contributed by atoms with van der Waals surface area (Å²) in [6, 6.07) is 9.82. The van der Waals surface area contributed by atoms with E-state index in [0.717, 1.165) is 35.9 Å². The zero-order chi connectivity index (χ0) is 17.2. The van der Waals surface area contributed by atoms with Crippen LogP contribution in [0.25, 0.3) is 17.3 Å². The van der Waals surface area contributed by atoms with Gasteiger partial charge in [0.25, 0.3) is 0 Å². The van der Waals surface area contributed by atoms with E-state index in [4.69, 9.17) is 10.5 Å². The van der Waals surface area contributed by atoms with Crippen LogP contribution in [-0.4, -0.2) is 37.4 Å². The predicted octanol–water partition coefficient (Wildman–Crippen LogP) is 3.17. The van der Waals surface area contributed by atoms with Crippen molar-refractivity contribution < 1.29 is 4.74 Å². The zero-order valence-corrected chi connectivity index (χ0v) is 16.5. The van der Waals surface area contributed by atoms with Gasteiger partial charge in [0.15, 0.2) is 5.82 Å². The second kappa shape index (κ2) is 9.12. The van der Waals surface area contributed by atoms with E-state index < -0.39 is 0 Å². The first-order valence-corrected chi connectivity index (χ1v) is 8.47. The maximum Gasteiger partial charge on any atom is 0.188 e. The lowest BCUT2D eigenvalue weighted by Gasteiger charge is -2.31. The number of halogens is 2. The molecule has 1 fully saturated rings. The Morgan fingerprint density at radius 2 is 1.93 bits per heavy atom. The fraction of sp³-hybridized carbons (Fsp3) is 0.333. The van der Waals surface area contributed by atoms with Gasteiger partial charge in [0.05, 0.1) is 12.8 Å². The summed E-state index contributed by atoms with van der Waals surface area (Å²) in [6.45, 7) is 2.55. The van der Waals surface area contributed by atoms with Gasteiger partial charge in [-0.2, -0.15) is 0 Å². The van der Waals surface area contributed by atoms with Gasteiger partial charge >= 0.3 is 0 Å². The number of rotatable bonds is 5. The minimum Gasteiger partial charge on any atom is -0.492 e. The van der Waals surface area contributed by atoms with Gasteiger partial charge in [-0.15, -0.1) is 35.0 Å². The molecule has 0 amide bonds. The van der Waals surface area contributed by atoms with Crippen molar-refractivity contribution in [1.82, 2.24) is 24.7 Å². The number of ether oxygens (including phenoxy) is 1. The van der Waals surface area contributed by atoms with Crippen molar-refractivity contribution in [3.8, 4) is 23.1 Å². The van der Waals surface area contributed by atoms with E-state index in [-0.39, 0.29) is 30.9 Å². The Balaban J connectivity index is 0.00000131. The van der Waals surface area contributed by atoms with Gasteiger partial charge in [0.2, 0.25) is 0 Å². The van der Waals surface area contributed by atoms with Gasteiger partial charge in [0.1, 0.15) is 23.1 Å². The Labute approximate surface area is 170 Å². The highest BCUT2D eigenvalue weighted by atomic mass is 35.5. The van der Waals surface area contributed by atoms with E-state index in [1.807, 2.05) is 41.8 Å². The summed E-state index contributed by atoms with van der Waals surface area (Å²) < 4.78 is 7.45. The van der Waals surface area contributed by atoms with Crippen LogP contribution in [0.15, 0.2) is 42.7 Å². The van der Waals surface area contributed by atoms with Crippen molar-refractivity contribution in [2.75, 3.05) is 6.61 Å². The molecule has 0 spiro atoms. The summed E-state index contributed by atoms with van der Waals surface area (Å²) in [5.41, 5.74) is 6.69. The Hall–Kier alpha value is -2.22. The molecular weight excluding hydrogens is 387 g/mol. The average Bonchev–Trinajstić information content (AvgIpc) is 3.05. The van der Waals surface area contributed by atoms with E-state index >= 15 is 0 Å². The standard InChI is InChI=1S/C18H20N6O.2ClH/c1-2-25-14-6-7-15(21-11-14)18-23-22-17(12-9-13(19)10-12)24(18)16-5-3-4-8-20-16;;/h3-8,11-13H,2,9-10,19H2,1H3;2*1H. The largest absolute Gasteiger partial charge is 0.492 e. The highest BCUT2D eigenvalue weighted by Crippen LogP contribution is 2.37. The molecule has 0 atom stereocenters. The number of nitrogens with zero attached hydrogens (tertiary/aromatic N) is 5. The second-order valence-corrected chi connectivity index (χ2v) is 6.15. The molecular formula is C18H22Cl2N6O. The number of pyridine rings is 2. The van der Waals surface area contributed by atoms with Crippen LogP contribution >= 0.6 is 24.8 Å². The van der Waals surface area contributed by atoms with Crippen LogP contribution in [0.4, 0.5) is 0 Å². The van der Waals surface area contributed by atoms with Crippen LogP contribution in [0.2, 0.25) is 0 Å². The van der Waals surface area contributed by atoms with Gasteiger partial charge in [-0.1, -0.05) is 6.07 Å². The van der Waals surface area contributed by atoms with Crippen LogP contribution in [0.5, 0.6) is 5.75 Å². The molecule has 0 unspecified atom stereocenters. The summed E-state index contributed by atoms with van der Waals surface area (Å²) in [7, 11) is 0. The van der Waals surface area contributed by atoms with E-state index in [0.29, 0.717) is 18.3 Å². The van der Waals surface area contributed by atoms with Crippen molar-refractivity contribution in [3.63, 3.8) is 0 Å². The summed E-state index contributed by atoms with van der Waals surface area (Å²) in [4.78, 5) is 8.96. The molecule has 3 aromatic rings. The summed E-state index contributed by atoms with van der Waals surface area (Å²) in [6.07, 6.45) is 5.31. The van der Waals surface area contributed by atoms with Crippen molar-refractivity contribution in [2.45, 2.75) is 31.7 Å². The molecule has 1 aliphatic rings. The van der Waals surface area contributed by atoms with Crippen molar-refractivity contribution in [2.24, 2.45) is 5.73 Å². The minimum atomic E-state index is 0. The third kappa shape index (κ3) is 4.21. The first-order valence-electron chi connectivity index (χ1n) is 8.47. The highest BCUT2D eigenvalue weighted by molar-refractivity contribution is 5.85.